The molecule has 22 heteroatoms. The zero-order chi connectivity index (χ0) is 59.8. The molecule has 0 radical (unpaired) electrons. The van der Waals surface area contributed by atoms with Crippen LogP contribution >= 0.6 is 22.7 Å². The number of carbonyl (C=O) groups is 5. The highest BCUT2D eigenvalue weighted by Gasteiger charge is 2.45. The lowest BCUT2D eigenvalue weighted by Crippen LogP contribution is -2.54. The van der Waals surface area contributed by atoms with Crippen LogP contribution in [0.3, 0.4) is 0 Å². The smallest absolute Gasteiger partial charge is 0.243 e. The number of rotatable bonds is 31. The van der Waals surface area contributed by atoms with Gasteiger partial charge in [-0.15, -0.1) is 22.7 Å². The van der Waals surface area contributed by atoms with Crippen LogP contribution in [0.15, 0.2) is 59.6 Å². The number of carbonyl (C=O) groups excluding carboxylic acids is 5. The molecule has 6 rings (SSSR count). The van der Waals surface area contributed by atoms with Gasteiger partial charge in [0.1, 0.15) is 18.7 Å². The maximum atomic E-state index is 13.9. The molecule has 2 aliphatic heterocycles. The van der Waals surface area contributed by atoms with E-state index in [0.29, 0.717) is 66.0 Å². The van der Waals surface area contributed by atoms with Gasteiger partial charge in [0.05, 0.1) is 116 Å². The van der Waals surface area contributed by atoms with Gasteiger partial charge in [-0.1, -0.05) is 97.0 Å². The summed E-state index contributed by atoms with van der Waals surface area (Å²) in [6.45, 7) is 23.2. The van der Waals surface area contributed by atoms with Crippen LogP contribution in [0.1, 0.15) is 96.7 Å². The first-order chi connectivity index (χ1) is 39.1. The number of β-amino-alcohol motifs (C(OH)–C–C–N with tert-alkyl or cyclic N) is 2. The van der Waals surface area contributed by atoms with Gasteiger partial charge in [0.15, 0.2) is 5.78 Å². The summed E-state index contributed by atoms with van der Waals surface area (Å²) in [7, 11) is 0. The van der Waals surface area contributed by atoms with E-state index in [1.165, 1.54) is 9.80 Å². The van der Waals surface area contributed by atoms with Crippen molar-refractivity contribution in [2.45, 2.75) is 131 Å². The van der Waals surface area contributed by atoms with Gasteiger partial charge in [0, 0.05) is 58.0 Å². The number of ether oxygens (including phenoxy) is 6. The second kappa shape index (κ2) is 34.0. The number of nitrogens with two attached hydrogens (primary N) is 1. The maximum absolute atomic E-state index is 13.9. The molecule has 6 atom stereocenters. The van der Waals surface area contributed by atoms with Gasteiger partial charge in [-0.3, -0.25) is 24.0 Å². The highest BCUT2D eigenvalue weighted by Crippen LogP contribution is 2.34. The fraction of sp³-hybridized carbons (Fsp3) is 0.617. The number of hydrogen-bond donors (Lipinski definition) is 5. The van der Waals surface area contributed by atoms with E-state index in [1.807, 2.05) is 115 Å². The minimum absolute atomic E-state index is 0.0366. The quantitative estimate of drug-likeness (QED) is 0.0368. The van der Waals surface area contributed by atoms with Gasteiger partial charge in [0.2, 0.25) is 23.6 Å². The number of aliphatic hydroxyl groups excluding tert-OH is 2. The van der Waals surface area contributed by atoms with Crippen molar-refractivity contribution in [1.29, 1.82) is 0 Å². The molecule has 0 saturated carbocycles. The first-order valence-corrected chi connectivity index (χ1v) is 30.1. The Morgan fingerprint density at radius 3 is 1.33 bits per heavy atom. The third kappa shape index (κ3) is 21.8. The van der Waals surface area contributed by atoms with Crippen LogP contribution in [0.25, 0.3) is 20.9 Å². The standard InChI is InChI=1S/C38H59N3O10S.C22H30N4O3S/c1-6-11-46-12-13-47-14-15-48-16-17-49-18-19-50-20-21-51-26-32(43)22-33(38(3,4)5)37(45)41-25-31(42)23-34(41)36(44)39-24-29-7-9-30(10-8-29)35-28(2)40-27-52-35;1-13-18(30-12-25-13)15-7-5-14(6-8-15)10-24-20(28)17-9-16(27)11-26(17)21(29)19(23)22(2,3)4/h7-10,27,31,33-34,42H,6,11-26H2,1-5H3,(H,39,44);5-8,12,16-17,19,27H,9-11,23H2,1-4H3,(H,24,28)/t31-,33-,34+;16-,17+,19-/m11/s1. The lowest BCUT2D eigenvalue weighted by Gasteiger charge is -2.34. The Hall–Kier alpha value is -5.11. The fourth-order valence-corrected chi connectivity index (χ4v) is 10.8. The minimum atomic E-state index is -0.828. The number of hydrogen-bond acceptors (Lipinski definition) is 18. The number of nitrogens with zero attached hydrogens (tertiary/aromatic N) is 4. The summed E-state index contributed by atoms with van der Waals surface area (Å²) in [6, 6.07) is 13.6. The third-order valence-electron chi connectivity index (χ3n) is 14.0. The molecule has 0 aliphatic carbocycles. The monoisotopic (exact) mass is 1180 g/mol. The molecule has 2 aliphatic rings. The van der Waals surface area contributed by atoms with E-state index in [0.717, 1.165) is 56.4 Å². The Balaban J connectivity index is 0.000000346. The molecular formula is C60H89N7O13S2. The van der Waals surface area contributed by atoms with Crippen molar-refractivity contribution in [3.8, 4) is 20.9 Å². The number of likely N-dealkylation sites (tertiary alicyclic amines) is 2. The number of amides is 4. The van der Waals surface area contributed by atoms with Crippen molar-refractivity contribution < 1.29 is 62.6 Å². The Morgan fingerprint density at radius 2 is 0.976 bits per heavy atom. The molecule has 454 valence electrons. The van der Waals surface area contributed by atoms with Crippen LogP contribution in [0.4, 0.5) is 0 Å². The van der Waals surface area contributed by atoms with Gasteiger partial charge in [-0.05, 0) is 53.4 Å². The second-order valence-electron chi connectivity index (χ2n) is 22.8. The average Bonchev–Trinajstić information content (AvgIpc) is 4.37. The summed E-state index contributed by atoms with van der Waals surface area (Å²) in [5.41, 5.74) is 14.8. The lowest BCUT2D eigenvalue weighted by atomic mass is 9.77. The van der Waals surface area contributed by atoms with Crippen molar-refractivity contribution in [3.05, 3.63) is 82.1 Å². The highest BCUT2D eigenvalue weighted by molar-refractivity contribution is 7.13. The molecule has 0 spiro atoms. The van der Waals surface area contributed by atoms with E-state index in [4.69, 9.17) is 34.2 Å². The Morgan fingerprint density at radius 1 is 0.598 bits per heavy atom. The topological polar surface area (TPSA) is 264 Å². The first-order valence-electron chi connectivity index (χ1n) is 28.3. The van der Waals surface area contributed by atoms with E-state index in [-0.39, 0.29) is 81.5 Å². The molecule has 2 aromatic heterocycles. The molecule has 4 aromatic rings. The molecule has 2 aromatic carbocycles. The van der Waals surface area contributed by atoms with Crippen molar-refractivity contribution in [1.82, 2.24) is 30.4 Å². The number of aliphatic hydroxyl groups is 2. The van der Waals surface area contributed by atoms with Crippen molar-refractivity contribution in [3.63, 3.8) is 0 Å². The first kappa shape index (κ1) is 67.7. The zero-order valence-corrected chi connectivity index (χ0v) is 51.1. The Labute approximate surface area is 492 Å². The van der Waals surface area contributed by atoms with Gasteiger partial charge < -0.3 is 64.8 Å². The van der Waals surface area contributed by atoms with Crippen LogP contribution in [0.5, 0.6) is 0 Å². The van der Waals surface area contributed by atoms with Crippen molar-refractivity contribution in [2.75, 3.05) is 92.4 Å². The molecule has 0 unspecified atom stereocenters. The van der Waals surface area contributed by atoms with Crippen molar-refractivity contribution >= 4 is 52.1 Å². The number of nitrogens with one attached hydrogen (secondary N) is 2. The van der Waals surface area contributed by atoms with Gasteiger partial charge in [-0.2, -0.15) is 0 Å². The molecular weight excluding hydrogens is 1090 g/mol. The van der Waals surface area contributed by atoms with Crippen LogP contribution in [0, 0.1) is 30.6 Å². The van der Waals surface area contributed by atoms with E-state index in [1.54, 1.807) is 22.7 Å². The van der Waals surface area contributed by atoms with E-state index < -0.39 is 47.1 Å². The molecule has 0 bridgehead atoms. The van der Waals surface area contributed by atoms with Gasteiger partial charge in [-0.25, -0.2) is 9.97 Å². The summed E-state index contributed by atoms with van der Waals surface area (Å²) in [6.07, 6.45) is -0.231. The average molecular weight is 1180 g/mol. The molecule has 6 N–H and O–H groups in total. The van der Waals surface area contributed by atoms with Crippen molar-refractivity contribution in [2.24, 2.45) is 22.5 Å². The van der Waals surface area contributed by atoms with Gasteiger partial charge >= 0.3 is 0 Å². The Bertz CT molecular complexity index is 2580. The fourth-order valence-electron chi connectivity index (χ4n) is 9.16. The number of benzene rings is 2. The molecule has 2 fully saturated rings. The maximum Gasteiger partial charge on any atom is 0.243 e. The Kier molecular flexibility index (Phi) is 28.1. The summed E-state index contributed by atoms with van der Waals surface area (Å²) in [4.78, 5) is 79.4. The van der Waals surface area contributed by atoms with Gasteiger partial charge in [0.25, 0.3) is 0 Å². The number of aromatic nitrogens is 2. The zero-order valence-electron chi connectivity index (χ0n) is 49.4. The summed E-state index contributed by atoms with van der Waals surface area (Å²) < 4.78 is 32.7. The summed E-state index contributed by atoms with van der Waals surface area (Å²) in [5.74, 6) is -2.14. The highest BCUT2D eigenvalue weighted by atomic mass is 32.1. The largest absolute Gasteiger partial charge is 0.391 e. The predicted molar refractivity (Wildman–Crippen MR) is 316 cm³/mol. The summed E-state index contributed by atoms with van der Waals surface area (Å²) in [5, 5.41) is 26.4. The number of Topliss-reactive ketones (excluding diaryl/α,β-unsaturated/α-hetero) is 1. The third-order valence-corrected chi connectivity index (χ3v) is 16.0. The SMILES string of the molecule is CCCOCCOCCOCCOCCOCCOCC(=O)C[C@H](C(=O)N1C[C@H](O)C[C@H]1C(=O)NCc1ccc(-c2scnc2C)cc1)C(C)(C)C.Cc1ncsc1-c1ccc(CNC(=O)[C@@H]2C[C@@H](O)CN2C(=O)[C@@H](N)C(C)(C)C)cc1. The molecule has 4 heterocycles. The normalized spacial score (nSPS) is 18.0. The van der Waals surface area contributed by atoms with E-state index in [9.17, 15) is 34.2 Å². The number of thiazole rings is 2. The number of aryl methyl sites for hydroxylation is 2. The van der Waals surface area contributed by atoms with E-state index in [2.05, 4.69) is 27.5 Å². The van der Waals surface area contributed by atoms with Crippen LogP contribution in [0.2, 0.25) is 0 Å². The van der Waals surface area contributed by atoms with Crippen LogP contribution in [-0.2, 0) is 65.5 Å². The predicted octanol–water partition coefficient (Wildman–Crippen LogP) is 5.90. The van der Waals surface area contributed by atoms with Crippen LogP contribution in [-0.4, -0.2) is 182 Å². The molecule has 20 nitrogen and oxygen atoms in total. The molecule has 2 saturated heterocycles. The number of ketones is 1. The second-order valence-corrected chi connectivity index (χ2v) is 24.5. The van der Waals surface area contributed by atoms with Crippen LogP contribution < -0.4 is 16.4 Å². The van der Waals surface area contributed by atoms with E-state index >= 15 is 0 Å². The minimum Gasteiger partial charge on any atom is -0.391 e. The summed E-state index contributed by atoms with van der Waals surface area (Å²) >= 11 is 3.18. The molecule has 82 heavy (non-hydrogen) atoms. The molecule has 4 amide bonds. The lowest BCUT2D eigenvalue weighted by molar-refractivity contribution is -0.146.